The molecule has 3 rings (SSSR count). The summed E-state index contributed by atoms with van der Waals surface area (Å²) < 4.78 is 53.2. The van der Waals surface area contributed by atoms with Crippen molar-refractivity contribution >= 4 is 44.8 Å². The number of carbonyl (C=O) groups is 1. The van der Waals surface area contributed by atoms with Crippen LogP contribution in [0.5, 0.6) is 0 Å². The lowest BCUT2D eigenvalue weighted by molar-refractivity contribution is -0.120. The number of hydrogen-bond acceptors (Lipinski definition) is 3. The minimum atomic E-state index is -3.71. The van der Waals surface area contributed by atoms with Gasteiger partial charge in [0.05, 0.1) is 11.7 Å². The summed E-state index contributed by atoms with van der Waals surface area (Å²) in [6.45, 7) is 0.297. The monoisotopic (exact) mass is 462 g/mol. The second-order valence-electron chi connectivity index (χ2n) is 6.81. The van der Waals surface area contributed by atoms with Crippen LogP contribution < -0.4 is 5.32 Å². The predicted octanol–water partition coefficient (Wildman–Crippen LogP) is 4.45. The van der Waals surface area contributed by atoms with E-state index in [0.29, 0.717) is 30.0 Å². The van der Waals surface area contributed by atoms with E-state index in [4.69, 9.17) is 23.2 Å². The number of carbonyl (C=O) groups excluding carboxylic acids is 1. The van der Waals surface area contributed by atoms with E-state index in [2.05, 4.69) is 5.32 Å². The lowest BCUT2D eigenvalue weighted by Gasteiger charge is -2.31. The maximum Gasteiger partial charge on any atom is 0.228 e. The Labute approximate surface area is 177 Å². The fraction of sp³-hybridized carbons (Fsp3) is 0.316. The van der Waals surface area contributed by atoms with Gasteiger partial charge in [-0.05, 0) is 42.7 Å². The van der Waals surface area contributed by atoms with Gasteiger partial charge in [0.2, 0.25) is 15.9 Å². The van der Waals surface area contributed by atoms with E-state index in [1.54, 1.807) is 12.1 Å². The summed E-state index contributed by atoms with van der Waals surface area (Å²) in [4.78, 5) is 12.5. The van der Waals surface area contributed by atoms with Crippen LogP contribution in [0, 0.1) is 17.6 Å². The Hall–Kier alpha value is -1.74. The van der Waals surface area contributed by atoms with Crippen LogP contribution in [0.4, 0.5) is 14.5 Å². The lowest BCUT2D eigenvalue weighted by Crippen LogP contribution is -2.44. The molecule has 5 nitrogen and oxygen atoms in total. The van der Waals surface area contributed by atoms with Crippen molar-refractivity contribution < 1.29 is 22.0 Å². The zero-order valence-corrected chi connectivity index (χ0v) is 17.5. The molecule has 1 aliphatic rings. The number of piperidine rings is 1. The maximum atomic E-state index is 13.3. The Kier molecular flexibility index (Phi) is 6.78. The molecule has 10 heteroatoms. The highest BCUT2D eigenvalue weighted by Crippen LogP contribution is 2.27. The number of hydrogen-bond donors (Lipinski definition) is 1. The van der Waals surface area contributed by atoms with Gasteiger partial charge in [-0.25, -0.2) is 21.5 Å². The first kappa shape index (κ1) is 22.0. The summed E-state index contributed by atoms with van der Waals surface area (Å²) in [5.41, 5.74) is 0.534. The van der Waals surface area contributed by atoms with E-state index in [1.165, 1.54) is 16.4 Å². The third-order valence-corrected chi connectivity index (χ3v) is 7.07. The molecule has 1 unspecified atom stereocenters. The smallest absolute Gasteiger partial charge is 0.228 e. The second-order valence-corrected chi connectivity index (χ2v) is 9.62. The van der Waals surface area contributed by atoms with E-state index >= 15 is 0 Å². The number of benzene rings is 2. The quantitative estimate of drug-likeness (QED) is 0.713. The minimum absolute atomic E-state index is 0.00303. The predicted molar refractivity (Wildman–Crippen MR) is 108 cm³/mol. The third-order valence-electron chi connectivity index (χ3n) is 4.69. The van der Waals surface area contributed by atoms with Gasteiger partial charge >= 0.3 is 0 Å². The fourth-order valence-electron chi connectivity index (χ4n) is 3.15. The van der Waals surface area contributed by atoms with Gasteiger partial charge in [0.1, 0.15) is 0 Å². The average molecular weight is 463 g/mol. The molecule has 0 aromatic heterocycles. The highest BCUT2D eigenvalue weighted by molar-refractivity contribution is 7.88. The topological polar surface area (TPSA) is 66.5 Å². The molecular weight excluding hydrogens is 445 g/mol. The van der Waals surface area contributed by atoms with Crippen molar-refractivity contribution in [1.29, 1.82) is 0 Å². The molecule has 0 spiro atoms. The van der Waals surface area contributed by atoms with Gasteiger partial charge in [-0.3, -0.25) is 4.79 Å². The molecule has 0 radical (unpaired) electrons. The van der Waals surface area contributed by atoms with Gasteiger partial charge in [-0.2, -0.15) is 0 Å². The molecule has 29 heavy (non-hydrogen) atoms. The second kappa shape index (κ2) is 8.95. The first-order chi connectivity index (χ1) is 13.7. The molecule has 0 saturated carbocycles. The van der Waals surface area contributed by atoms with Crippen LogP contribution in [-0.4, -0.2) is 31.7 Å². The van der Waals surface area contributed by atoms with Crippen molar-refractivity contribution in [1.82, 2.24) is 4.31 Å². The summed E-state index contributed by atoms with van der Waals surface area (Å²) in [5.74, 6) is -3.44. The Morgan fingerprint density at radius 3 is 2.59 bits per heavy atom. The summed E-state index contributed by atoms with van der Waals surface area (Å²) in [6, 6.07) is 7.63. The molecule has 1 N–H and O–H groups in total. The molecule has 156 valence electrons. The maximum absolute atomic E-state index is 13.3. The van der Waals surface area contributed by atoms with E-state index in [9.17, 15) is 22.0 Å². The summed E-state index contributed by atoms with van der Waals surface area (Å²) >= 11 is 11.9. The molecular formula is C19H18Cl2F2N2O3S. The lowest BCUT2D eigenvalue weighted by atomic mass is 9.98. The number of nitrogens with zero attached hydrogens (tertiary/aromatic N) is 1. The number of halogens is 4. The molecule has 1 saturated heterocycles. The van der Waals surface area contributed by atoms with Crippen LogP contribution in [0.15, 0.2) is 36.4 Å². The van der Waals surface area contributed by atoms with Gasteiger partial charge < -0.3 is 5.32 Å². The van der Waals surface area contributed by atoms with Crippen molar-refractivity contribution in [3.63, 3.8) is 0 Å². The van der Waals surface area contributed by atoms with E-state index in [1.807, 2.05) is 0 Å². The van der Waals surface area contributed by atoms with Crippen molar-refractivity contribution in [2.75, 3.05) is 18.4 Å². The van der Waals surface area contributed by atoms with Gasteiger partial charge in [0.15, 0.2) is 11.6 Å². The first-order valence-electron chi connectivity index (χ1n) is 8.83. The van der Waals surface area contributed by atoms with Gasteiger partial charge in [0.25, 0.3) is 0 Å². The fourth-order valence-corrected chi connectivity index (χ4v) is 5.35. The van der Waals surface area contributed by atoms with Gasteiger partial charge in [-0.15, -0.1) is 0 Å². The molecule has 1 atom stereocenters. The van der Waals surface area contributed by atoms with E-state index < -0.39 is 33.5 Å². The SMILES string of the molecule is O=C(Nc1ccc(F)c(F)c1)C1CCCN(S(=O)(=O)Cc2ccc(Cl)cc2Cl)C1. The molecule has 0 aliphatic carbocycles. The third kappa shape index (κ3) is 5.45. The zero-order chi connectivity index (χ0) is 21.2. The normalized spacial score (nSPS) is 17.9. The number of sulfonamides is 1. The Bertz CT molecular complexity index is 1030. The Morgan fingerprint density at radius 1 is 1.14 bits per heavy atom. The Morgan fingerprint density at radius 2 is 1.90 bits per heavy atom. The average Bonchev–Trinajstić information content (AvgIpc) is 2.67. The van der Waals surface area contributed by atoms with Crippen LogP contribution >= 0.6 is 23.2 Å². The summed E-state index contributed by atoms with van der Waals surface area (Å²) in [5, 5.41) is 3.17. The number of anilines is 1. The highest BCUT2D eigenvalue weighted by atomic mass is 35.5. The molecule has 1 fully saturated rings. The molecule has 1 amide bonds. The van der Waals surface area contributed by atoms with Gasteiger partial charge in [-0.1, -0.05) is 29.3 Å². The number of nitrogens with one attached hydrogen (secondary N) is 1. The van der Waals surface area contributed by atoms with Crippen molar-refractivity contribution in [3.8, 4) is 0 Å². The number of rotatable bonds is 5. The number of amides is 1. The van der Waals surface area contributed by atoms with Crippen LogP contribution in [0.3, 0.4) is 0 Å². The standard InChI is InChI=1S/C19H18Cl2F2N2O3S/c20-14-4-3-13(16(21)8-14)11-29(27,28)25-7-1-2-12(10-25)19(26)24-15-5-6-17(22)18(23)9-15/h3-6,8-9,12H,1-2,7,10-11H2,(H,24,26). The molecule has 0 bridgehead atoms. The first-order valence-corrected chi connectivity index (χ1v) is 11.2. The van der Waals surface area contributed by atoms with Crippen molar-refractivity contribution in [3.05, 3.63) is 63.6 Å². The van der Waals surface area contributed by atoms with Crippen molar-refractivity contribution in [2.24, 2.45) is 5.92 Å². The molecule has 1 aliphatic heterocycles. The van der Waals surface area contributed by atoms with E-state index in [-0.39, 0.29) is 23.0 Å². The van der Waals surface area contributed by atoms with Crippen LogP contribution in [0.1, 0.15) is 18.4 Å². The minimum Gasteiger partial charge on any atom is -0.326 e. The zero-order valence-electron chi connectivity index (χ0n) is 15.2. The van der Waals surface area contributed by atoms with E-state index in [0.717, 1.165) is 12.1 Å². The van der Waals surface area contributed by atoms with Gasteiger partial charge in [0, 0.05) is 34.9 Å². The molecule has 2 aromatic carbocycles. The van der Waals surface area contributed by atoms with Crippen molar-refractivity contribution in [2.45, 2.75) is 18.6 Å². The molecule has 2 aromatic rings. The Balaban J connectivity index is 1.68. The van der Waals surface area contributed by atoms with Crippen LogP contribution in [-0.2, 0) is 20.6 Å². The van der Waals surface area contributed by atoms with Crippen LogP contribution in [0.2, 0.25) is 10.0 Å². The highest BCUT2D eigenvalue weighted by Gasteiger charge is 2.32. The molecule has 1 heterocycles. The summed E-state index contributed by atoms with van der Waals surface area (Å²) in [6.07, 6.45) is 0.993. The largest absolute Gasteiger partial charge is 0.326 e. The summed E-state index contributed by atoms with van der Waals surface area (Å²) in [7, 11) is -3.71. The van der Waals surface area contributed by atoms with Crippen LogP contribution in [0.25, 0.3) is 0 Å².